The summed E-state index contributed by atoms with van der Waals surface area (Å²) in [5.41, 5.74) is 0.806. The number of hydrogen-bond acceptors (Lipinski definition) is 4. The van der Waals surface area contributed by atoms with E-state index in [1.54, 1.807) is 12.1 Å². The number of anilines is 1. The molecule has 1 aromatic rings. The Hall–Kier alpha value is -1.27. The number of nitrogens with zero attached hydrogens (tertiary/aromatic N) is 1. The zero-order valence-corrected chi connectivity index (χ0v) is 11.7. The highest BCUT2D eigenvalue weighted by atomic mass is 35.5. The Morgan fingerprint density at radius 2 is 2.00 bits per heavy atom. The third kappa shape index (κ3) is 3.39. The molecule has 0 radical (unpaired) electrons. The molecule has 5 nitrogen and oxygen atoms in total. The summed E-state index contributed by atoms with van der Waals surface area (Å²) in [6, 6.07) is 4.68. The van der Waals surface area contributed by atoms with E-state index in [2.05, 4.69) is 0 Å². The van der Waals surface area contributed by atoms with E-state index >= 15 is 0 Å². The van der Waals surface area contributed by atoms with Crippen LogP contribution in [-0.2, 0) is 9.84 Å². The molecule has 7 heteroatoms. The van der Waals surface area contributed by atoms with Crippen molar-refractivity contribution in [2.24, 2.45) is 0 Å². The number of rotatable bonds is 2. The molecule has 104 valence electrons. The smallest absolute Gasteiger partial charge is 0.337 e. The molecule has 2 rings (SSSR count). The Kier molecular flexibility index (Phi) is 4.01. The third-order valence-corrected chi connectivity index (χ3v) is 5.13. The maximum Gasteiger partial charge on any atom is 0.337 e. The maximum absolute atomic E-state index is 11.5. The van der Waals surface area contributed by atoms with Gasteiger partial charge in [-0.05, 0) is 24.6 Å². The van der Waals surface area contributed by atoms with Crippen LogP contribution in [0.1, 0.15) is 16.8 Å². The number of benzene rings is 1. The monoisotopic (exact) mass is 303 g/mol. The van der Waals surface area contributed by atoms with Gasteiger partial charge in [0, 0.05) is 18.8 Å². The van der Waals surface area contributed by atoms with E-state index in [0.29, 0.717) is 19.5 Å². The lowest BCUT2D eigenvalue weighted by Gasteiger charge is -2.22. The lowest BCUT2D eigenvalue weighted by atomic mass is 10.2. The highest BCUT2D eigenvalue weighted by Gasteiger charge is 2.20. The largest absolute Gasteiger partial charge is 0.478 e. The molecule has 0 saturated carbocycles. The summed E-state index contributed by atoms with van der Waals surface area (Å²) < 4.78 is 23.1. The Labute approximate surface area is 116 Å². The number of aromatic carboxylic acids is 1. The van der Waals surface area contributed by atoms with Crippen molar-refractivity contribution in [3.05, 3.63) is 28.8 Å². The molecule has 0 amide bonds. The van der Waals surface area contributed by atoms with Crippen molar-refractivity contribution in [1.29, 1.82) is 0 Å². The molecule has 1 N–H and O–H groups in total. The van der Waals surface area contributed by atoms with E-state index in [4.69, 9.17) is 16.7 Å². The van der Waals surface area contributed by atoms with Crippen molar-refractivity contribution >= 4 is 33.1 Å². The minimum Gasteiger partial charge on any atom is -0.478 e. The predicted molar refractivity (Wildman–Crippen MR) is 73.9 cm³/mol. The summed E-state index contributed by atoms with van der Waals surface area (Å²) >= 11 is 5.91. The van der Waals surface area contributed by atoms with Gasteiger partial charge in [0.05, 0.1) is 22.1 Å². The number of halogens is 1. The Balaban J connectivity index is 2.23. The van der Waals surface area contributed by atoms with Gasteiger partial charge in [-0.25, -0.2) is 13.2 Å². The highest BCUT2D eigenvalue weighted by molar-refractivity contribution is 7.91. The molecule has 0 aliphatic carbocycles. The molecule has 1 aromatic carbocycles. The van der Waals surface area contributed by atoms with E-state index in [0.717, 1.165) is 5.69 Å². The Morgan fingerprint density at radius 3 is 2.63 bits per heavy atom. The lowest BCUT2D eigenvalue weighted by molar-refractivity contribution is 0.0697. The van der Waals surface area contributed by atoms with Gasteiger partial charge in [-0.1, -0.05) is 11.6 Å². The van der Waals surface area contributed by atoms with Gasteiger partial charge in [-0.3, -0.25) is 0 Å². The average molecular weight is 304 g/mol. The summed E-state index contributed by atoms with van der Waals surface area (Å²) in [4.78, 5) is 12.8. The summed E-state index contributed by atoms with van der Waals surface area (Å²) in [6.45, 7) is 1.03. The molecule has 0 aromatic heterocycles. The standard InChI is InChI=1S/C12H14ClNO4S/c13-11-8-9(2-3-10(11)12(15)16)14-4-1-6-19(17,18)7-5-14/h2-3,8H,1,4-7H2,(H,15,16). The Bertz CT molecular complexity index is 600. The van der Waals surface area contributed by atoms with Crippen molar-refractivity contribution < 1.29 is 18.3 Å². The highest BCUT2D eigenvalue weighted by Crippen LogP contribution is 2.25. The molecule has 1 aliphatic rings. The second-order valence-electron chi connectivity index (χ2n) is 4.46. The third-order valence-electron chi connectivity index (χ3n) is 3.10. The van der Waals surface area contributed by atoms with Crippen LogP contribution in [0.5, 0.6) is 0 Å². The fraction of sp³-hybridized carbons (Fsp3) is 0.417. The minimum atomic E-state index is -2.96. The first-order valence-corrected chi connectivity index (χ1v) is 8.07. The van der Waals surface area contributed by atoms with Crippen molar-refractivity contribution in [2.75, 3.05) is 29.5 Å². The minimum absolute atomic E-state index is 0.0489. The van der Waals surface area contributed by atoms with Gasteiger partial charge in [-0.2, -0.15) is 0 Å². The molecular formula is C12H14ClNO4S. The fourth-order valence-electron chi connectivity index (χ4n) is 2.07. The number of hydrogen-bond donors (Lipinski definition) is 1. The van der Waals surface area contributed by atoms with Crippen LogP contribution >= 0.6 is 11.6 Å². The number of carboxylic acid groups (broad SMARTS) is 1. The van der Waals surface area contributed by atoms with Gasteiger partial charge < -0.3 is 10.0 Å². The van der Waals surface area contributed by atoms with Crippen molar-refractivity contribution in [2.45, 2.75) is 6.42 Å². The molecule has 1 saturated heterocycles. The molecule has 0 unspecified atom stereocenters. The van der Waals surface area contributed by atoms with Gasteiger partial charge in [0.15, 0.2) is 9.84 Å². The van der Waals surface area contributed by atoms with Crippen LogP contribution in [0, 0.1) is 0 Å². The van der Waals surface area contributed by atoms with E-state index in [1.165, 1.54) is 6.07 Å². The first-order chi connectivity index (χ1) is 8.89. The van der Waals surface area contributed by atoms with Crippen LogP contribution < -0.4 is 4.90 Å². The van der Waals surface area contributed by atoms with Crippen molar-refractivity contribution in [1.82, 2.24) is 0 Å². The average Bonchev–Trinajstić information content (AvgIpc) is 2.49. The normalized spacial score (nSPS) is 18.9. The van der Waals surface area contributed by atoms with Crippen LogP contribution in [0.4, 0.5) is 5.69 Å². The second-order valence-corrected chi connectivity index (χ2v) is 7.17. The maximum atomic E-state index is 11.5. The quantitative estimate of drug-likeness (QED) is 0.899. The van der Waals surface area contributed by atoms with Gasteiger partial charge in [0.1, 0.15) is 0 Å². The lowest BCUT2D eigenvalue weighted by Crippen LogP contribution is -2.26. The van der Waals surface area contributed by atoms with Gasteiger partial charge in [0.25, 0.3) is 0 Å². The molecule has 0 bridgehead atoms. The SMILES string of the molecule is O=C(O)c1ccc(N2CCCS(=O)(=O)CC2)cc1Cl. The topological polar surface area (TPSA) is 74.7 Å². The van der Waals surface area contributed by atoms with E-state index in [1.807, 2.05) is 4.90 Å². The van der Waals surface area contributed by atoms with E-state index in [9.17, 15) is 13.2 Å². The summed E-state index contributed by atoms with van der Waals surface area (Å²) in [7, 11) is -2.96. The Morgan fingerprint density at radius 1 is 1.26 bits per heavy atom. The van der Waals surface area contributed by atoms with Crippen LogP contribution in [0.25, 0.3) is 0 Å². The first-order valence-electron chi connectivity index (χ1n) is 5.87. The number of sulfone groups is 1. The van der Waals surface area contributed by atoms with Crippen molar-refractivity contribution in [3.63, 3.8) is 0 Å². The molecule has 19 heavy (non-hydrogen) atoms. The van der Waals surface area contributed by atoms with E-state index < -0.39 is 15.8 Å². The van der Waals surface area contributed by atoms with Crippen LogP contribution in [0.15, 0.2) is 18.2 Å². The van der Waals surface area contributed by atoms with Crippen LogP contribution in [-0.4, -0.2) is 44.1 Å². The second kappa shape index (κ2) is 5.38. The van der Waals surface area contributed by atoms with Gasteiger partial charge in [-0.15, -0.1) is 0 Å². The van der Waals surface area contributed by atoms with Gasteiger partial charge in [0.2, 0.25) is 0 Å². The predicted octanol–water partition coefficient (Wildman–Crippen LogP) is 1.66. The molecule has 1 aliphatic heterocycles. The summed E-state index contributed by atoms with van der Waals surface area (Å²) in [5.74, 6) is -0.759. The number of carbonyl (C=O) groups is 1. The molecule has 1 heterocycles. The van der Waals surface area contributed by atoms with Crippen LogP contribution in [0.3, 0.4) is 0 Å². The summed E-state index contributed by atoms with van der Waals surface area (Å²) in [5, 5.41) is 9.07. The van der Waals surface area contributed by atoms with Crippen molar-refractivity contribution in [3.8, 4) is 0 Å². The van der Waals surface area contributed by atoms with Crippen LogP contribution in [0.2, 0.25) is 5.02 Å². The number of carboxylic acids is 1. The zero-order chi connectivity index (χ0) is 14.0. The van der Waals surface area contributed by atoms with Gasteiger partial charge >= 0.3 is 5.97 Å². The molecule has 0 spiro atoms. The molecule has 0 atom stereocenters. The first kappa shape index (κ1) is 14.1. The summed E-state index contributed by atoms with van der Waals surface area (Å²) in [6.07, 6.45) is 0.570. The molecular weight excluding hydrogens is 290 g/mol. The molecule has 1 fully saturated rings. The zero-order valence-electron chi connectivity index (χ0n) is 10.2. The fourth-order valence-corrected chi connectivity index (χ4v) is 3.60. The van der Waals surface area contributed by atoms with E-state index in [-0.39, 0.29) is 22.1 Å².